The van der Waals surface area contributed by atoms with Gasteiger partial charge in [-0.25, -0.2) is 0 Å². The Morgan fingerprint density at radius 2 is 1.85 bits per heavy atom. The number of benzene rings is 2. The van der Waals surface area contributed by atoms with Crippen LogP contribution in [0.25, 0.3) is 0 Å². The molecule has 1 aliphatic heterocycles. The number of nitrogens with zero attached hydrogens (tertiary/aromatic N) is 1. The van der Waals surface area contributed by atoms with E-state index in [9.17, 15) is 9.90 Å². The first-order valence-corrected chi connectivity index (χ1v) is 8.78. The lowest BCUT2D eigenvalue weighted by molar-refractivity contribution is 0.00430. The second kappa shape index (κ2) is 7.89. The molecule has 0 unspecified atom stereocenters. The average Bonchev–Trinajstić information content (AvgIpc) is 3.04. The smallest absolute Gasteiger partial charge is 0.253 e. The summed E-state index contributed by atoms with van der Waals surface area (Å²) in [5, 5.41) is 10.8. The highest BCUT2D eigenvalue weighted by Crippen LogP contribution is 2.25. The lowest BCUT2D eigenvalue weighted by atomic mass is 10.1. The number of carbonyl (C=O) groups is 1. The second-order valence-corrected chi connectivity index (χ2v) is 6.93. The summed E-state index contributed by atoms with van der Waals surface area (Å²) in [5.74, 6) is 0.655. The molecule has 0 aliphatic carbocycles. The van der Waals surface area contributed by atoms with Gasteiger partial charge in [0.1, 0.15) is 18.0 Å². The first-order valence-electron chi connectivity index (χ1n) is 8.78. The molecular weight excluding hydrogens is 330 g/mol. The fourth-order valence-corrected chi connectivity index (χ4v) is 3.09. The van der Waals surface area contributed by atoms with Crippen molar-refractivity contribution in [1.29, 1.82) is 0 Å². The van der Waals surface area contributed by atoms with Crippen LogP contribution in [-0.2, 0) is 11.3 Å². The molecule has 0 bridgehead atoms. The second-order valence-electron chi connectivity index (χ2n) is 6.93. The van der Waals surface area contributed by atoms with Crippen molar-refractivity contribution >= 4 is 5.91 Å². The number of aliphatic hydroxyl groups is 1. The summed E-state index contributed by atoms with van der Waals surface area (Å²) in [7, 11) is 1.64. The van der Waals surface area contributed by atoms with Crippen molar-refractivity contribution < 1.29 is 19.4 Å². The third kappa shape index (κ3) is 4.42. The number of rotatable bonds is 6. The number of aryl methyl sites for hydroxylation is 1. The predicted octanol–water partition coefficient (Wildman–Crippen LogP) is 2.80. The van der Waals surface area contributed by atoms with Gasteiger partial charge in [-0.3, -0.25) is 4.79 Å². The average molecular weight is 355 g/mol. The highest BCUT2D eigenvalue weighted by molar-refractivity contribution is 5.94. The number of methoxy groups -OCH3 is 1. The Labute approximate surface area is 154 Å². The van der Waals surface area contributed by atoms with Crippen LogP contribution in [0, 0.1) is 6.92 Å². The molecule has 2 aromatic carbocycles. The van der Waals surface area contributed by atoms with Gasteiger partial charge in [0, 0.05) is 19.2 Å². The van der Waals surface area contributed by atoms with Crippen LogP contribution in [0.3, 0.4) is 0 Å². The zero-order valence-corrected chi connectivity index (χ0v) is 15.3. The van der Waals surface area contributed by atoms with Gasteiger partial charge in [0.05, 0.1) is 13.2 Å². The summed E-state index contributed by atoms with van der Waals surface area (Å²) in [6, 6.07) is 15.1. The number of hydrogen-bond acceptors (Lipinski definition) is 4. The maximum atomic E-state index is 12.7. The van der Waals surface area contributed by atoms with Crippen molar-refractivity contribution in [3.8, 4) is 5.75 Å². The van der Waals surface area contributed by atoms with Crippen LogP contribution >= 0.6 is 0 Å². The van der Waals surface area contributed by atoms with E-state index in [0.717, 1.165) is 16.9 Å². The zero-order chi connectivity index (χ0) is 18.6. The monoisotopic (exact) mass is 355 g/mol. The standard InChI is InChI=1S/C21H25NO4/c1-16-3-9-19(10-4-16)26-15-21(24)11-12-22(14-21)20(23)18-7-5-17(6-8-18)13-25-2/h3-10,24H,11-15H2,1-2H3/t21-/m0/s1. The molecule has 1 saturated heterocycles. The first-order chi connectivity index (χ1) is 12.5. The van der Waals surface area contributed by atoms with Crippen molar-refractivity contribution in [3.63, 3.8) is 0 Å². The summed E-state index contributed by atoms with van der Waals surface area (Å²) >= 11 is 0. The molecule has 1 amide bonds. The molecule has 5 nitrogen and oxygen atoms in total. The molecule has 0 radical (unpaired) electrons. The third-order valence-corrected chi connectivity index (χ3v) is 4.66. The fourth-order valence-electron chi connectivity index (χ4n) is 3.09. The third-order valence-electron chi connectivity index (χ3n) is 4.66. The molecule has 138 valence electrons. The van der Waals surface area contributed by atoms with Crippen molar-refractivity contribution in [1.82, 2.24) is 4.90 Å². The van der Waals surface area contributed by atoms with Crippen LogP contribution in [0.1, 0.15) is 27.9 Å². The summed E-state index contributed by atoms with van der Waals surface area (Å²) in [4.78, 5) is 14.3. The highest BCUT2D eigenvalue weighted by atomic mass is 16.5. The van der Waals surface area contributed by atoms with Gasteiger partial charge in [-0.15, -0.1) is 0 Å². The quantitative estimate of drug-likeness (QED) is 0.866. The molecule has 1 aliphatic rings. The number of β-amino-alcohol motifs (C(OH)–C–C–N with tert-alkyl or cyclic N) is 1. The fraction of sp³-hybridized carbons (Fsp3) is 0.381. The van der Waals surface area contributed by atoms with Crippen molar-refractivity contribution in [2.45, 2.75) is 25.6 Å². The molecular formula is C21H25NO4. The molecule has 1 N–H and O–H groups in total. The molecule has 26 heavy (non-hydrogen) atoms. The lowest BCUT2D eigenvalue weighted by Crippen LogP contribution is -2.40. The lowest BCUT2D eigenvalue weighted by Gasteiger charge is -2.23. The maximum Gasteiger partial charge on any atom is 0.253 e. The van der Waals surface area contributed by atoms with Crippen LogP contribution < -0.4 is 4.74 Å². The Bertz CT molecular complexity index is 742. The van der Waals surface area contributed by atoms with Gasteiger partial charge in [0.2, 0.25) is 0 Å². The minimum Gasteiger partial charge on any atom is -0.491 e. The molecule has 1 fully saturated rings. The van der Waals surface area contributed by atoms with E-state index < -0.39 is 5.60 Å². The number of carbonyl (C=O) groups excluding carboxylic acids is 1. The van der Waals surface area contributed by atoms with E-state index in [4.69, 9.17) is 9.47 Å². The van der Waals surface area contributed by atoms with E-state index >= 15 is 0 Å². The van der Waals surface area contributed by atoms with Gasteiger partial charge in [-0.1, -0.05) is 29.8 Å². The number of likely N-dealkylation sites (tertiary alicyclic amines) is 1. The number of ether oxygens (including phenoxy) is 2. The molecule has 1 heterocycles. The predicted molar refractivity (Wildman–Crippen MR) is 99.3 cm³/mol. The zero-order valence-electron chi connectivity index (χ0n) is 15.3. The van der Waals surface area contributed by atoms with Crippen molar-refractivity contribution in [2.75, 3.05) is 26.8 Å². The Kier molecular flexibility index (Phi) is 5.59. The Morgan fingerprint density at radius 3 is 2.50 bits per heavy atom. The maximum absolute atomic E-state index is 12.7. The summed E-state index contributed by atoms with van der Waals surface area (Å²) in [6.45, 7) is 3.50. The molecule has 2 aromatic rings. The minimum atomic E-state index is -1.02. The van der Waals surface area contributed by atoms with E-state index in [-0.39, 0.29) is 19.1 Å². The number of amides is 1. The van der Waals surface area contributed by atoms with E-state index in [2.05, 4.69) is 0 Å². The Morgan fingerprint density at radius 1 is 1.15 bits per heavy atom. The van der Waals surface area contributed by atoms with Crippen molar-refractivity contribution in [2.24, 2.45) is 0 Å². The van der Waals surface area contributed by atoms with Crippen LogP contribution in [-0.4, -0.2) is 48.3 Å². The van der Waals surface area contributed by atoms with E-state index in [0.29, 0.717) is 25.1 Å². The first kappa shape index (κ1) is 18.4. The van der Waals surface area contributed by atoms with Gasteiger partial charge in [-0.2, -0.15) is 0 Å². The molecule has 0 spiro atoms. The van der Waals surface area contributed by atoms with Gasteiger partial charge in [0.15, 0.2) is 0 Å². The summed E-state index contributed by atoms with van der Waals surface area (Å²) in [6.07, 6.45) is 0.506. The van der Waals surface area contributed by atoms with Crippen LogP contribution in [0.15, 0.2) is 48.5 Å². The minimum absolute atomic E-state index is 0.0692. The van der Waals surface area contributed by atoms with E-state index in [1.807, 2.05) is 43.3 Å². The molecule has 0 saturated carbocycles. The van der Waals surface area contributed by atoms with Gasteiger partial charge >= 0.3 is 0 Å². The summed E-state index contributed by atoms with van der Waals surface area (Å²) < 4.78 is 10.8. The van der Waals surface area contributed by atoms with Crippen LogP contribution in [0.5, 0.6) is 5.75 Å². The summed E-state index contributed by atoms with van der Waals surface area (Å²) in [5.41, 5.74) is 1.78. The Balaban J connectivity index is 1.57. The molecule has 0 aromatic heterocycles. The molecule has 3 rings (SSSR count). The van der Waals surface area contributed by atoms with Gasteiger partial charge in [0.25, 0.3) is 5.91 Å². The Hall–Kier alpha value is -2.37. The van der Waals surface area contributed by atoms with E-state index in [1.54, 1.807) is 24.1 Å². The largest absolute Gasteiger partial charge is 0.491 e. The number of hydrogen-bond donors (Lipinski definition) is 1. The van der Waals surface area contributed by atoms with E-state index in [1.165, 1.54) is 0 Å². The highest BCUT2D eigenvalue weighted by Gasteiger charge is 2.39. The topological polar surface area (TPSA) is 59.0 Å². The normalized spacial score (nSPS) is 19.6. The molecule has 5 heteroatoms. The SMILES string of the molecule is COCc1ccc(C(=O)N2CC[C@@](O)(COc3ccc(C)cc3)C2)cc1. The molecule has 1 atom stereocenters. The van der Waals surface area contributed by atoms with Crippen molar-refractivity contribution in [3.05, 3.63) is 65.2 Å². The van der Waals surface area contributed by atoms with Crippen LogP contribution in [0.4, 0.5) is 0 Å². The van der Waals surface area contributed by atoms with Gasteiger partial charge < -0.3 is 19.5 Å². The van der Waals surface area contributed by atoms with Gasteiger partial charge in [-0.05, 0) is 43.2 Å². The van der Waals surface area contributed by atoms with Crippen LogP contribution in [0.2, 0.25) is 0 Å².